The van der Waals surface area contributed by atoms with Gasteiger partial charge in [-0.3, -0.25) is 9.59 Å². The van der Waals surface area contributed by atoms with E-state index in [9.17, 15) is 14.0 Å². The van der Waals surface area contributed by atoms with E-state index in [2.05, 4.69) is 0 Å². The van der Waals surface area contributed by atoms with E-state index in [1.165, 1.54) is 23.5 Å². The van der Waals surface area contributed by atoms with Crippen LogP contribution in [-0.2, 0) is 4.79 Å². The maximum atomic E-state index is 12.9. The molecule has 5 heteroatoms. The van der Waals surface area contributed by atoms with Gasteiger partial charge in [0.15, 0.2) is 17.5 Å². The Morgan fingerprint density at radius 1 is 1.27 bits per heavy atom. The maximum Gasteiger partial charge on any atom is 0.188 e. The van der Waals surface area contributed by atoms with Gasteiger partial charge in [0.25, 0.3) is 0 Å². The number of rotatable bonds is 6. The molecule has 0 radical (unpaired) electrons. The number of nitrogens with zero attached hydrogens (tertiary/aromatic N) is 1. The second-order valence-corrected chi connectivity index (χ2v) is 5.84. The maximum absolute atomic E-state index is 12.9. The molecule has 0 spiro atoms. The SMILES string of the molecule is CC(CC(=O)C(C#N)C(=O)c1ccsc1)c1ccc(F)cc1. The van der Waals surface area contributed by atoms with Crippen LogP contribution in [0.4, 0.5) is 4.39 Å². The Kier molecular flexibility index (Phi) is 5.18. The van der Waals surface area contributed by atoms with E-state index in [-0.39, 0.29) is 18.2 Å². The minimum Gasteiger partial charge on any atom is -0.298 e. The van der Waals surface area contributed by atoms with Crippen molar-refractivity contribution in [3.63, 3.8) is 0 Å². The van der Waals surface area contributed by atoms with Gasteiger partial charge in [-0.25, -0.2) is 4.39 Å². The fourth-order valence-corrected chi connectivity index (χ4v) is 2.82. The molecular weight excluding hydrogens is 301 g/mol. The molecule has 0 saturated heterocycles. The fourth-order valence-electron chi connectivity index (χ4n) is 2.18. The molecule has 0 aliphatic rings. The van der Waals surface area contributed by atoms with E-state index < -0.39 is 17.5 Å². The van der Waals surface area contributed by atoms with Crippen molar-refractivity contribution < 1.29 is 14.0 Å². The Morgan fingerprint density at radius 2 is 1.95 bits per heavy atom. The predicted octanol–water partition coefficient (Wildman–Crippen LogP) is 3.97. The summed E-state index contributed by atoms with van der Waals surface area (Å²) in [5.74, 6) is -2.67. The van der Waals surface area contributed by atoms with Crippen LogP contribution in [0.2, 0.25) is 0 Å². The zero-order valence-corrected chi connectivity index (χ0v) is 12.8. The number of hydrogen-bond donors (Lipinski definition) is 0. The van der Waals surface area contributed by atoms with Gasteiger partial charge < -0.3 is 0 Å². The summed E-state index contributed by atoms with van der Waals surface area (Å²) in [6.45, 7) is 1.81. The van der Waals surface area contributed by atoms with Crippen LogP contribution in [0.3, 0.4) is 0 Å². The van der Waals surface area contributed by atoms with E-state index in [0.717, 1.165) is 5.56 Å². The largest absolute Gasteiger partial charge is 0.298 e. The number of halogens is 1. The molecule has 2 atom stereocenters. The van der Waals surface area contributed by atoms with Crippen LogP contribution in [0.5, 0.6) is 0 Å². The van der Waals surface area contributed by atoms with Crippen molar-refractivity contribution in [3.05, 3.63) is 58.0 Å². The molecule has 112 valence electrons. The van der Waals surface area contributed by atoms with Gasteiger partial charge in [-0.05, 0) is 35.1 Å². The Balaban J connectivity index is 2.08. The summed E-state index contributed by atoms with van der Waals surface area (Å²) in [5.41, 5.74) is 1.19. The lowest BCUT2D eigenvalue weighted by molar-refractivity contribution is -0.120. The number of benzene rings is 1. The summed E-state index contributed by atoms with van der Waals surface area (Å²) in [5, 5.41) is 12.5. The Morgan fingerprint density at radius 3 is 2.50 bits per heavy atom. The molecule has 0 aliphatic heterocycles. The van der Waals surface area contributed by atoms with Crippen LogP contribution < -0.4 is 0 Å². The first-order valence-electron chi connectivity index (χ1n) is 6.77. The molecule has 1 aromatic heterocycles. The lowest BCUT2D eigenvalue weighted by Gasteiger charge is -2.13. The summed E-state index contributed by atoms with van der Waals surface area (Å²) >= 11 is 1.34. The number of ketones is 2. The number of thiophene rings is 1. The first-order chi connectivity index (χ1) is 10.5. The van der Waals surface area contributed by atoms with Gasteiger partial charge in [0.1, 0.15) is 5.82 Å². The van der Waals surface area contributed by atoms with Gasteiger partial charge in [0.05, 0.1) is 6.07 Å². The highest BCUT2D eigenvalue weighted by molar-refractivity contribution is 7.08. The third kappa shape index (κ3) is 3.66. The van der Waals surface area contributed by atoms with Crippen LogP contribution in [-0.4, -0.2) is 11.6 Å². The molecule has 3 nitrogen and oxygen atoms in total. The topological polar surface area (TPSA) is 57.9 Å². The zero-order valence-electron chi connectivity index (χ0n) is 12.0. The van der Waals surface area contributed by atoms with Gasteiger partial charge in [0.2, 0.25) is 0 Å². The van der Waals surface area contributed by atoms with Gasteiger partial charge in [-0.1, -0.05) is 19.1 Å². The molecule has 2 unspecified atom stereocenters. The lowest BCUT2D eigenvalue weighted by Crippen LogP contribution is -2.23. The molecule has 0 fully saturated rings. The van der Waals surface area contributed by atoms with Crippen LogP contribution in [0.15, 0.2) is 41.1 Å². The summed E-state index contributed by atoms with van der Waals surface area (Å²) in [7, 11) is 0. The molecule has 22 heavy (non-hydrogen) atoms. The van der Waals surface area contributed by atoms with Crippen molar-refractivity contribution in [2.45, 2.75) is 19.3 Å². The van der Waals surface area contributed by atoms with E-state index in [0.29, 0.717) is 5.56 Å². The van der Waals surface area contributed by atoms with Crippen LogP contribution >= 0.6 is 11.3 Å². The summed E-state index contributed by atoms with van der Waals surface area (Å²) in [6, 6.07) is 9.28. The van der Waals surface area contributed by atoms with Crippen LogP contribution in [0.25, 0.3) is 0 Å². The van der Waals surface area contributed by atoms with E-state index in [1.54, 1.807) is 35.0 Å². The highest BCUT2D eigenvalue weighted by Gasteiger charge is 2.28. The minimum atomic E-state index is -1.28. The standard InChI is InChI=1S/C17H14FNO2S/c1-11(12-2-4-14(18)5-3-12)8-16(20)15(9-19)17(21)13-6-7-22-10-13/h2-7,10-11,15H,8H2,1H3. The molecule has 0 N–H and O–H groups in total. The highest BCUT2D eigenvalue weighted by atomic mass is 32.1. The first kappa shape index (κ1) is 16.1. The Hall–Kier alpha value is -2.32. The molecule has 2 rings (SSSR count). The smallest absolute Gasteiger partial charge is 0.188 e. The van der Waals surface area contributed by atoms with Crippen molar-refractivity contribution >= 4 is 22.9 Å². The zero-order chi connectivity index (χ0) is 16.1. The molecule has 0 aliphatic carbocycles. The summed E-state index contributed by atoms with van der Waals surface area (Å²) in [4.78, 5) is 24.4. The quantitative estimate of drug-likeness (QED) is 0.598. The Bertz CT molecular complexity index is 701. The third-order valence-corrected chi connectivity index (χ3v) is 4.15. The molecule has 1 aromatic carbocycles. The fraction of sp³-hybridized carbons (Fsp3) is 0.235. The summed E-state index contributed by atoms with van der Waals surface area (Å²) < 4.78 is 12.9. The number of carbonyl (C=O) groups excluding carboxylic acids is 2. The molecular formula is C17H14FNO2S. The van der Waals surface area contributed by atoms with Gasteiger partial charge in [-0.2, -0.15) is 16.6 Å². The number of hydrogen-bond acceptors (Lipinski definition) is 4. The number of nitriles is 1. The first-order valence-corrected chi connectivity index (χ1v) is 7.71. The molecule has 0 saturated carbocycles. The highest BCUT2D eigenvalue weighted by Crippen LogP contribution is 2.23. The van der Waals surface area contributed by atoms with Crippen molar-refractivity contribution in [1.29, 1.82) is 5.26 Å². The normalized spacial score (nSPS) is 13.1. The van der Waals surface area contributed by atoms with Gasteiger partial charge >= 0.3 is 0 Å². The van der Waals surface area contributed by atoms with Gasteiger partial charge in [0, 0.05) is 17.4 Å². The third-order valence-electron chi connectivity index (χ3n) is 3.47. The van der Waals surface area contributed by atoms with Crippen LogP contribution in [0.1, 0.15) is 35.2 Å². The number of Topliss-reactive ketones (excluding diaryl/α,β-unsaturated/α-hetero) is 2. The average Bonchev–Trinajstić information content (AvgIpc) is 3.02. The van der Waals surface area contributed by atoms with E-state index >= 15 is 0 Å². The lowest BCUT2D eigenvalue weighted by atomic mass is 9.88. The monoisotopic (exact) mass is 315 g/mol. The molecule has 0 amide bonds. The van der Waals surface area contributed by atoms with Crippen molar-refractivity contribution in [3.8, 4) is 6.07 Å². The second-order valence-electron chi connectivity index (χ2n) is 5.06. The Labute approximate surface area is 132 Å². The summed E-state index contributed by atoms with van der Waals surface area (Å²) in [6.07, 6.45) is 0.0692. The average molecular weight is 315 g/mol. The van der Waals surface area contributed by atoms with Crippen molar-refractivity contribution in [2.75, 3.05) is 0 Å². The minimum absolute atomic E-state index is 0.0692. The van der Waals surface area contributed by atoms with E-state index in [1.807, 2.05) is 6.92 Å². The van der Waals surface area contributed by atoms with Crippen LogP contribution in [0, 0.1) is 23.1 Å². The molecule has 0 bridgehead atoms. The second kappa shape index (κ2) is 7.10. The number of carbonyl (C=O) groups is 2. The molecule has 1 heterocycles. The van der Waals surface area contributed by atoms with Gasteiger partial charge in [-0.15, -0.1) is 0 Å². The molecule has 2 aromatic rings. The van der Waals surface area contributed by atoms with E-state index in [4.69, 9.17) is 5.26 Å². The van der Waals surface area contributed by atoms with Crippen molar-refractivity contribution in [2.24, 2.45) is 5.92 Å². The predicted molar refractivity (Wildman–Crippen MR) is 82.2 cm³/mol. The van der Waals surface area contributed by atoms with Crippen molar-refractivity contribution in [1.82, 2.24) is 0 Å².